The third kappa shape index (κ3) is 5.13. The first-order chi connectivity index (χ1) is 11.0. The molecule has 0 unspecified atom stereocenters. The minimum absolute atomic E-state index is 0.0831. The molecule has 4 nitrogen and oxygen atoms in total. The molecule has 2 aromatic carbocycles. The SMILES string of the molecule is COc1ccc(OC[C@H](C)NC(=O)c2ccc(C)cc2I)cc1. The van der Waals surface area contributed by atoms with Crippen LogP contribution in [0, 0.1) is 10.5 Å². The van der Waals surface area contributed by atoms with E-state index in [4.69, 9.17) is 9.47 Å². The van der Waals surface area contributed by atoms with Crippen LogP contribution < -0.4 is 14.8 Å². The summed E-state index contributed by atoms with van der Waals surface area (Å²) in [6, 6.07) is 13.1. The number of carbonyl (C=O) groups is 1. The first kappa shape index (κ1) is 17.6. The molecule has 122 valence electrons. The number of aryl methyl sites for hydroxylation is 1. The Hall–Kier alpha value is -1.76. The Kier molecular flexibility index (Phi) is 6.27. The number of amides is 1. The normalized spacial score (nSPS) is 11.7. The van der Waals surface area contributed by atoms with Gasteiger partial charge in [0.15, 0.2) is 0 Å². The predicted molar refractivity (Wildman–Crippen MR) is 99.3 cm³/mol. The van der Waals surface area contributed by atoms with E-state index in [0.717, 1.165) is 20.6 Å². The molecule has 0 aliphatic rings. The van der Waals surface area contributed by atoms with Gasteiger partial charge in [0.1, 0.15) is 18.1 Å². The number of hydrogen-bond donors (Lipinski definition) is 1. The quantitative estimate of drug-likeness (QED) is 0.717. The van der Waals surface area contributed by atoms with Crippen molar-refractivity contribution in [3.8, 4) is 11.5 Å². The summed E-state index contributed by atoms with van der Waals surface area (Å²) in [6.07, 6.45) is 0. The van der Waals surface area contributed by atoms with Crippen LogP contribution in [0.25, 0.3) is 0 Å². The maximum absolute atomic E-state index is 12.3. The van der Waals surface area contributed by atoms with Gasteiger partial charge in [0.05, 0.1) is 18.7 Å². The number of hydrogen-bond acceptors (Lipinski definition) is 3. The van der Waals surface area contributed by atoms with E-state index < -0.39 is 0 Å². The summed E-state index contributed by atoms with van der Waals surface area (Å²) < 4.78 is 11.7. The maximum Gasteiger partial charge on any atom is 0.252 e. The Morgan fingerprint density at radius 2 is 1.83 bits per heavy atom. The van der Waals surface area contributed by atoms with Crippen molar-refractivity contribution in [3.63, 3.8) is 0 Å². The minimum atomic E-state index is -0.0956. The van der Waals surface area contributed by atoms with Crippen LogP contribution in [0.5, 0.6) is 11.5 Å². The van der Waals surface area contributed by atoms with Gasteiger partial charge in [-0.15, -0.1) is 0 Å². The van der Waals surface area contributed by atoms with Crippen molar-refractivity contribution in [2.75, 3.05) is 13.7 Å². The van der Waals surface area contributed by atoms with Crippen molar-refractivity contribution < 1.29 is 14.3 Å². The standard InChI is InChI=1S/C18H20INO3/c1-12-4-9-16(17(19)10-12)18(21)20-13(2)11-23-15-7-5-14(22-3)6-8-15/h4-10,13H,11H2,1-3H3,(H,20,21)/t13-/m0/s1. The molecule has 0 spiro atoms. The Bertz CT molecular complexity index is 670. The molecular formula is C18H20INO3. The lowest BCUT2D eigenvalue weighted by Crippen LogP contribution is -2.37. The van der Waals surface area contributed by atoms with Crippen molar-refractivity contribution in [1.82, 2.24) is 5.32 Å². The second kappa shape index (κ2) is 8.19. The third-order valence-electron chi connectivity index (χ3n) is 3.31. The molecule has 2 rings (SSSR count). The molecular weight excluding hydrogens is 405 g/mol. The molecule has 0 aliphatic carbocycles. The second-order valence-electron chi connectivity index (χ2n) is 5.34. The summed E-state index contributed by atoms with van der Waals surface area (Å²) in [5, 5.41) is 2.96. The first-order valence-electron chi connectivity index (χ1n) is 7.33. The van der Waals surface area contributed by atoms with Gasteiger partial charge in [-0.05, 0) is 72.8 Å². The van der Waals surface area contributed by atoms with E-state index in [1.165, 1.54) is 0 Å². The molecule has 23 heavy (non-hydrogen) atoms. The lowest BCUT2D eigenvalue weighted by atomic mass is 10.1. The van der Waals surface area contributed by atoms with Crippen LogP contribution >= 0.6 is 22.6 Å². The van der Waals surface area contributed by atoms with E-state index in [0.29, 0.717) is 12.2 Å². The van der Waals surface area contributed by atoms with Crippen LogP contribution in [-0.4, -0.2) is 25.7 Å². The van der Waals surface area contributed by atoms with E-state index in [1.54, 1.807) is 7.11 Å². The number of halogens is 1. The zero-order chi connectivity index (χ0) is 16.8. The first-order valence-corrected chi connectivity index (χ1v) is 8.41. The van der Waals surface area contributed by atoms with Crippen LogP contribution in [0.15, 0.2) is 42.5 Å². The summed E-state index contributed by atoms with van der Waals surface area (Å²) in [4.78, 5) is 12.3. The molecule has 0 saturated heterocycles. The number of rotatable bonds is 6. The largest absolute Gasteiger partial charge is 0.497 e. The number of methoxy groups -OCH3 is 1. The van der Waals surface area contributed by atoms with Gasteiger partial charge < -0.3 is 14.8 Å². The molecule has 0 saturated carbocycles. The molecule has 0 heterocycles. The van der Waals surface area contributed by atoms with E-state index in [2.05, 4.69) is 27.9 Å². The molecule has 1 N–H and O–H groups in total. The zero-order valence-corrected chi connectivity index (χ0v) is 15.6. The monoisotopic (exact) mass is 425 g/mol. The van der Waals surface area contributed by atoms with Crippen LogP contribution in [0.4, 0.5) is 0 Å². The second-order valence-corrected chi connectivity index (χ2v) is 6.51. The molecule has 0 fully saturated rings. The summed E-state index contributed by atoms with van der Waals surface area (Å²) in [5.74, 6) is 1.45. The van der Waals surface area contributed by atoms with Crippen molar-refractivity contribution in [2.45, 2.75) is 19.9 Å². The van der Waals surface area contributed by atoms with Crippen molar-refractivity contribution in [1.29, 1.82) is 0 Å². The fourth-order valence-electron chi connectivity index (χ4n) is 2.04. The molecule has 2 aromatic rings. The van der Waals surface area contributed by atoms with Gasteiger partial charge in [-0.1, -0.05) is 11.6 Å². The number of ether oxygens (including phenoxy) is 2. The lowest BCUT2D eigenvalue weighted by Gasteiger charge is -2.16. The zero-order valence-electron chi connectivity index (χ0n) is 13.4. The van der Waals surface area contributed by atoms with Crippen molar-refractivity contribution in [2.24, 2.45) is 0 Å². The highest BCUT2D eigenvalue weighted by Crippen LogP contribution is 2.17. The van der Waals surface area contributed by atoms with Gasteiger partial charge in [-0.25, -0.2) is 0 Å². The Balaban J connectivity index is 1.88. The molecule has 5 heteroatoms. The Morgan fingerprint density at radius 3 is 2.43 bits per heavy atom. The van der Waals surface area contributed by atoms with E-state index in [-0.39, 0.29) is 11.9 Å². The smallest absolute Gasteiger partial charge is 0.252 e. The highest BCUT2D eigenvalue weighted by Gasteiger charge is 2.13. The van der Waals surface area contributed by atoms with Gasteiger partial charge in [-0.2, -0.15) is 0 Å². The van der Waals surface area contributed by atoms with Gasteiger partial charge in [0, 0.05) is 3.57 Å². The molecule has 0 bridgehead atoms. The number of nitrogens with one attached hydrogen (secondary N) is 1. The van der Waals surface area contributed by atoms with Crippen LogP contribution in [-0.2, 0) is 0 Å². The molecule has 1 atom stereocenters. The molecule has 0 aromatic heterocycles. The average molecular weight is 425 g/mol. The molecule has 0 aliphatic heterocycles. The molecule has 1 amide bonds. The van der Waals surface area contributed by atoms with Crippen LogP contribution in [0.2, 0.25) is 0 Å². The van der Waals surface area contributed by atoms with Gasteiger partial charge in [-0.3, -0.25) is 4.79 Å². The van der Waals surface area contributed by atoms with E-state index in [9.17, 15) is 4.79 Å². The van der Waals surface area contributed by atoms with Crippen molar-refractivity contribution >= 4 is 28.5 Å². The average Bonchev–Trinajstić information content (AvgIpc) is 2.53. The van der Waals surface area contributed by atoms with Gasteiger partial charge in [0.25, 0.3) is 5.91 Å². The van der Waals surface area contributed by atoms with Crippen LogP contribution in [0.1, 0.15) is 22.8 Å². The summed E-state index contributed by atoms with van der Waals surface area (Å²) >= 11 is 2.18. The summed E-state index contributed by atoms with van der Waals surface area (Å²) in [6.45, 7) is 4.33. The highest BCUT2D eigenvalue weighted by atomic mass is 127. The topological polar surface area (TPSA) is 47.6 Å². The van der Waals surface area contributed by atoms with Crippen LogP contribution in [0.3, 0.4) is 0 Å². The van der Waals surface area contributed by atoms with E-state index in [1.807, 2.05) is 56.3 Å². The van der Waals surface area contributed by atoms with Gasteiger partial charge >= 0.3 is 0 Å². The fourth-order valence-corrected chi connectivity index (χ4v) is 2.96. The predicted octanol–water partition coefficient (Wildman–Crippen LogP) is 3.81. The number of benzene rings is 2. The van der Waals surface area contributed by atoms with Gasteiger partial charge in [0.2, 0.25) is 0 Å². The fraction of sp³-hybridized carbons (Fsp3) is 0.278. The maximum atomic E-state index is 12.3. The lowest BCUT2D eigenvalue weighted by molar-refractivity contribution is 0.0926. The van der Waals surface area contributed by atoms with E-state index >= 15 is 0 Å². The summed E-state index contributed by atoms with van der Waals surface area (Å²) in [5.41, 5.74) is 1.83. The number of carbonyl (C=O) groups excluding carboxylic acids is 1. The minimum Gasteiger partial charge on any atom is -0.497 e. The summed E-state index contributed by atoms with van der Waals surface area (Å²) in [7, 11) is 1.62. The Labute approximate surface area is 150 Å². The molecule has 0 radical (unpaired) electrons. The van der Waals surface area contributed by atoms with Crippen molar-refractivity contribution in [3.05, 3.63) is 57.2 Å². The Morgan fingerprint density at radius 1 is 1.17 bits per heavy atom. The highest BCUT2D eigenvalue weighted by molar-refractivity contribution is 14.1. The third-order valence-corrected chi connectivity index (χ3v) is 4.20.